The molecule has 0 amide bonds. The highest BCUT2D eigenvalue weighted by Gasteiger charge is 2.06. The van der Waals surface area contributed by atoms with Crippen molar-refractivity contribution in [2.24, 2.45) is 0 Å². The van der Waals surface area contributed by atoms with Gasteiger partial charge in [0.05, 0.1) is 4.92 Å². The SMILES string of the molecule is CC(CCCO)Nc1ccc([N+](=O)[O-])cn1. The summed E-state index contributed by atoms with van der Waals surface area (Å²) >= 11 is 0. The summed E-state index contributed by atoms with van der Waals surface area (Å²) in [5, 5.41) is 22.2. The summed E-state index contributed by atoms with van der Waals surface area (Å²) in [6.07, 6.45) is 2.78. The largest absolute Gasteiger partial charge is 0.396 e. The number of rotatable bonds is 6. The highest BCUT2D eigenvalue weighted by atomic mass is 16.6. The number of aliphatic hydroxyl groups is 1. The molecule has 1 unspecified atom stereocenters. The molecule has 0 spiro atoms. The maximum absolute atomic E-state index is 10.4. The molecule has 0 radical (unpaired) electrons. The van der Waals surface area contributed by atoms with E-state index >= 15 is 0 Å². The van der Waals surface area contributed by atoms with Gasteiger partial charge in [0.25, 0.3) is 5.69 Å². The fourth-order valence-electron chi connectivity index (χ4n) is 1.30. The van der Waals surface area contributed by atoms with E-state index in [0.29, 0.717) is 5.82 Å². The maximum Gasteiger partial charge on any atom is 0.287 e. The monoisotopic (exact) mass is 225 g/mol. The van der Waals surface area contributed by atoms with Gasteiger partial charge in [-0.1, -0.05) is 0 Å². The first-order chi connectivity index (χ1) is 7.63. The van der Waals surface area contributed by atoms with Gasteiger partial charge in [0.2, 0.25) is 0 Å². The Kier molecular flexibility index (Phi) is 4.65. The molecule has 1 atom stereocenters. The molecule has 0 aliphatic carbocycles. The third kappa shape index (κ3) is 3.82. The number of nitro groups is 1. The smallest absolute Gasteiger partial charge is 0.287 e. The number of hydrogen-bond acceptors (Lipinski definition) is 5. The standard InChI is InChI=1S/C10H15N3O3/c1-8(3-2-6-14)12-10-5-4-9(7-11-10)13(15)16/h4-5,7-8,14H,2-3,6H2,1H3,(H,11,12). The second-order valence-electron chi connectivity index (χ2n) is 3.57. The Morgan fingerprint density at radius 1 is 1.62 bits per heavy atom. The molecule has 0 saturated heterocycles. The number of pyridine rings is 1. The normalized spacial score (nSPS) is 12.1. The van der Waals surface area contributed by atoms with Crippen LogP contribution in [0.15, 0.2) is 18.3 Å². The highest BCUT2D eigenvalue weighted by Crippen LogP contribution is 2.13. The Morgan fingerprint density at radius 3 is 2.88 bits per heavy atom. The van der Waals surface area contributed by atoms with Crippen LogP contribution >= 0.6 is 0 Å². The van der Waals surface area contributed by atoms with Crippen LogP contribution in [-0.4, -0.2) is 27.7 Å². The summed E-state index contributed by atoms with van der Waals surface area (Å²) in [6, 6.07) is 3.17. The van der Waals surface area contributed by atoms with Gasteiger partial charge in [-0.2, -0.15) is 0 Å². The minimum Gasteiger partial charge on any atom is -0.396 e. The van der Waals surface area contributed by atoms with Crippen molar-refractivity contribution in [3.05, 3.63) is 28.4 Å². The molecular weight excluding hydrogens is 210 g/mol. The summed E-state index contributed by atoms with van der Waals surface area (Å²) in [4.78, 5) is 13.8. The molecule has 6 heteroatoms. The zero-order valence-corrected chi connectivity index (χ0v) is 9.09. The third-order valence-corrected chi connectivity index (χ3v) is 2.15. The van der Waals surface area contributed by atoms with Crippen LogP contribution in [0.1, 0.15) is 19.8 Å². The minimum atomic E-state index is -0.480. The summed E-state index contributed by atoms with van der Waals surface area (Å²) in [7, 11) is 0. The summed E-state index contributed by atoms with van der Waals surface area (Å²) < 4.78 is 0. The van der Waals surface area contributed by atoms with Crippen molar-refractivity contribution in [1.82, 2.24) is 4.98 Å². The number of hydrogen-bond donors (Lipinski definition) is 2. The van der Waals surface area contributed by atoms with E-state index in [2.05, 4.69) is 10.3 Å². The fraction of sp³-hybridized carbons (Fsp3) is 0.500. The number of nitrogens with one attached hydrogen (secondary N) is 1. The van der Waals surface area contributed by atoms with E-state index in [1.807, 2.05) is 6.92 Å². The van der Waals surface area contributed by atoms with Crippen molar-refractivity contribution < 1.29 is 10.0 Å². The summed E-state index contributed by atoms with van der Waals surface area (Å²) in [5.41, 5.74) is -0.0199. The molecule has 16 heavy (non-hydrogen) atoms. The lowest BCUT2D eigenvalue weighted by Crippen LogP contribution is -2.16. The van der Waals surface area contributed by atoms with Gasteiger partial charge in [0, 0.05) is 18.7 Å². The molecule has 1 rings (SSSR count). The molecule has 0 saturated carbocycles. The lowest BCUT2D eigenvalue weighted by molar-refractivity contribution is -0.385. The number of aromatic nitrogens is 1. The lowest BCUT2D eigenvalue weighted by Gasteiger charge is -2.13. The van der Waals surface area contributed by atoms with Crippen LogP contribution in [0.5, 0.6) is 0 Å². The fourth-order valence-corrected chi connectivity index (χ4v) is 1.30. The Morgan fingerprint density at radius 2 is 2.38 bits per heavy atom. The predicted octanol–water partition coefficient (Wildman–Crippen LogP) is 1.56. The molecule has 6 nitrogen and oxygen atoms in total. The van der Waals surface area contributed by atoms with Crippen LogP contribution in [0, 0.1) is 10.1 Å². The lowest BCUT2D eigenvalue weighted by atomic mass is 10.2. The zero-order valence-electron chi connectivity index (χ0n) is 9.09. The Bertz CT molecular complexity index is 340. The number of anilines is 1. The van der Waals surface area contributed by atoms with Gasteiger partial charge >= 0.3 is 0 Å². The first-order valence-electron chi connectivity index (χ1n) is 5.11. The van der Waals surface area contributed by atoms with Crippen molar-refractivity contribution in [2.45, 2.75) is 25.8 Å². The van der Waals surface area contributed by atoms with Crippen LogP contribution in [0.4, 0.5) is 11.5 Å². The van der Waals surface area contributed by atoms with Gasteiger partial charge in [0.1, 0.15) is 12.0 Å². The van der Waals surface area contributed by atoms with Gasteiger partial charge in [-0.05, 0) is 25.8 Å². The number of aliphatic hydroxyl groups excluding tert-OH is 1. The van der Waals surface area contributed by atoms with Crippen molar-refractivity contribution in [1.29, 1.82) is 0 Å². The average molecular weight is 225 g/mol. The van der Waals surface area contributed by atoms with Crippen LogP contribution < -0.4 is 5.32 Å². The van der Waals surface area contributed by atoms with Gasteiger partial charge in [-0.3, -0.25) is 10.1 Å². The van der Waals surface area contributed by atoms with E-state index in [4.69, 9.17) is 5.11 Å². The van der Waals surface area contributed by atoms with Gasteiger partial charge in [0.15, 0.2) is 0 Å². The number of nitrogens with zero attached hydrogens (tertiary/aromatic N) is 2. The van der Waals surface area contributed by atoms with Crippen LogP contribution in [-0.2, 0) is 0 Å². The molecule has 88 valence electrons. The second-order valence-corrected chi connectivity index (χ2v) is 3.57. The van der Waals surface area contributed by atoms with Crippen molar-refractivity contribution in [3.8, 4) is 0 Å². The molecule has 1 heterocycles. The third-order valence-electron chi connectivity index (χ3n) is 2.15. The van der Waals surface area contributed by atoms with Crippen LogP contribution in [0.25, 0.3) is 0 Å². The van der Waals surface area contributed by atoms with E-state index in [1.165, 1.54) is 12.3 Å². The predicted molar refractivity (Wildman–Crippen MR) is 60.3 cm³/mol. The van der Waals surface area contributed by atoms with E-state index in [0.717, 1.165) is 12.8 Å². The van der Waals surface area contributed by atoms with Crippen molar-refractivity contribution >= 4 is 11.5 Å². The molecular formula is C10H15N3O3. The molecule has 0 aliphatic rings. The minimum absolute atomic E-state index is 0.0199. The molecule has 2 N–H and O–H groups in total. The van der Waals surface area contributed by atoms with Crippen molar-refractivity contribution in [3.63, 3.8) is 0 Å². The molecule has 0 bridgehead atoms. The second kappa shape index (κ2) is 6.02. The Balaban J connectivity index is 2.51. The van der Waals surface area contributed by atoms with E-state index in [9.17, 15) is 10.1 Å². The van der Waals surface area contributed by atoms with E-state index < -0.39 is 4.92 Å². The Hall–Kier alpha value is -1.69. The van der Waals surface area contributed by atoms with Crippen LogP contribution in [0.3, 0.4) is 0 Å². The first-order valence-corrected chi connectivity index (χ1v) is 5.11. The van der Waals surface area contributed by atoms with Gasteiger partial charge < -0.3 is 10.4 Å². The van der Waals surface area contributed by atoms with E-state index in [1.54, 1.807) is 6.07 Å². The summed E-state index contributed by atoms with van der Waals surface area (Å²) in [6.45, 7) is 2.14. The maximum atomic E-state index is 10.4. The van der Waals surface area contributed by atoms with Crippen molar-refractivity contribution in [2.75, 3.05) is 11.9 Å². The van der Waals surface area contributed by atoms with Gasteiger partial charge in [-0.25, -0.2) is 4.98 Å². The molecule has 0 fully saturated rings. The molecule has 0 aliphatic heterocycles. The van der Waals surface area contributed by atoms with E-state index in [-0.39, 0.29) is 18.3 Å². The molecule has 1 aromatic rings. The topological polar surface area (TPSA) is 88.3 Å². The Labute approximate surface area is 93.5 Å². The van der Waals surface area contributed by atoms with Gasteiger partial charge in [-0.15, -0.1) is 0 Å². The molecule has 1 aromatic heterocycles. The first kappa shape index (κ1) is 12.4. The molecule has 0 aromatic carbocycles. The highest BCUT2D eigenvalue weighted by molar-refractivity contribution is 5.40. The van der Waals surface area contributed by atoms with Crippen LogP contribution in [0.2, 0.25) is 0 Å². The quantitative estimate of drug-likeness (QED) is 0.566. The zero-order chi connectivity index (χ0) is 12.0. The average Bonchev–Trinajstić information content (AvgIpc) is 2.27. The summed E-state index contributed by atoms with van der Waals surface area (Å²) in [5.74, 6) is 0.607.